The number of aromatic nitrogens is 1. The van der Waals surface area contributed by atoms with Crippen LogP contribution in [-0.2, 0) is 22.6 Å². The third-order valence-corrected chi connectivity index (χ3v) is 8.06. The molecule has 10 nitrogen and oxygen atoms in total. The second-order valence-electron chi connectivity index (χ2n) is 11.6. The molecule has 44 heavy (non-hydrogen) atoms. The normalized spacial score (nSPS) is 14.6. The molecule has 0 spiro atoms. The minimum Gasteiger partial charge on any atom is -0.502 e. The maximum absolute atomic E-state index is 14.0. The number of benzene rings is 2. The van der Waals surface area contributed by atoms with Gasteiger partial charge in [0.05, 0.1) is 38.6 Å². The molecule has 0 bridgehead atoms. The maximum atomic E-state index is 14.0. The number of carbonyl (C=O) groups is 1. The Morgan fingerprint density at radius 1 is 0.977 bits per heavy atom. The Hall–Kier alpha value is -4.57. The fourth-order valence-corrected chi connectivity index (χ4v) is 5.79. The summed E-state index contributed by atoms with van der Waals surface area (Å²) in [6.07, 6.45) is -0.285. The van der Waals surface area contributed by atoms with Crippen molar-refractivity contribution in [1.29, 1.82) is 0 Å². The zero-order valence-corrected chi connectivity index (χ0v) is 25.6. The summed E-state index contributed by atoms with van der Waals surface area (Å²) in [5, 5.41) is 11.8. The van der Waals surface area contributed by atoms with Crippen LogP contribution in [-0.4, -0.2) is 60.9 Å². The van der Waals surface area contributed by atoms with E-state index in [0.717, 1.165) is 48.5 Å². The van der Waals surface area contributed by atoms with Gasteiger partial charge in [0.15, 0.2) is 5.76 Å². The number of pyridine rings is 1. The first-order valence-corrected chi connectivity index (χ1v) is 14.8. The molecule has 1 saturated heterocycles. The molecule has 0 saturated carbocycles. The lowest BCUT2D eigenvalue weighted by molar-refractivity contribution is -0.140. The number of para-hydroxylation sites is 1. The molecule has 0 radical (unpaired) electrons. The molecule has 1 aliphatic heterocycles. The largest absolute Gasteiger partial charge is 0.502 e. The zero-order valence-electron chi connectivity index (χ0n) is 25.6. The molecule has 1 atom stereocenters. The SMILES string of the molecule is COC(=O)C[C@@H](c1oc(CN2CCN(c3ccc(OC)cc3)CC2)cc(=O)c1O)c1cc2ccccc2n(CC(C)C)c1=O. The Morgan fingerprint density at radius 2 is 1.68 bits per heavy atom. The van der Waals surface area contributed by atoms with Crippen molar-refractivity contribution in [1.82, 2.24) is 9.47 Å². The Bertz CT molecular complexity index is 1740. The fourth-order valence-electron chi connectivity index (χ4n) is 5.79. The highest BCUT2D eigenvalue weighted by Crippen LogP contribution is 2.34. The van der Waals surface area contributed by atoms with Gasteiger partial charge in [-0.2, -0.15) is 0 Å². The number of anilines is 1. The summed E-state index contributed by atoms with van der Waals surface area (Å²) in [5.74, 6) is -1.03. The molecule has 0 amide bonds. The number of nitrogens with zero attached hydrogens (tertiary/aromatic N) is 3. The number of rotatable bonds is 10. The molecule has 0 unspecified atom stereocenters. The van der Waals surface area contributed by atoms with E-state index in [1.54, 1.807) is 17.7 Å². The van der Waals surface area contributed by atoms with Crippen molar-refractivity contribution in [3.05, 3.63) is 98.3 Å². The Morgan fingerprint density at radius 3 is 2.34 bits per heavy atom. The van der Waals surface area contributed by atoms with Gasteiger partial charge in [-0.25, -0.2) is 0 Å². The van der Waals surface area contributed by atoms with Gasteiger partial charge in [-0.15, -0.1) is 0 Å². The summed E-state index contributed by atoms with van der Waals surface area (Å²) >= 11 is 0. The molecule has 1 fully saturated rings. The van der Waals surface area contributed by atoms with E-state index in [1.807, 2.05) is 62.4 Å². The summed E-state index contributed by atoms with van der Waals surface area (Å²) in [5.41, 5.74) is 1.18. The topological polar surface area (TPSA) is 114 Å². The van der Waals surface area contributed by atoms with E-state index in [2.05, 4.69) is 9.80 Å². The zero-order chi connectivity index (χ0) is 31.4. The van der Waals surface area contributed by atoms with Crippen molar-refractivity contribution in [2.75, 3.05) is 45.3 Å². The van der Waals surface area contributed by atoms with Gasteiger partial charge in [0.2, 0.25) is 11.2 Å². The van der Waals surface area contributed by atoms with Crippen LogP contribution in [0.3, 0.4) is 0 Å². The van der Waals surface area contributed by atoms with Gasteiger partial charge < -0.3 is 28.5 Å². The lowest BCUT2D eigenvalue weighted by Gasteiger charge is -2.36. The van der Waals surface area contributed by atoms with E-state index in [9.17, 15) is 19.5 Å². The molecule has 5 rings (SSSR count). The Labute approximate surface area is 256 Å². The minimum atomic E-state index is -1.03. The van der Waals surface area contributed by atoms with Crippen LogP contribution in [0.25, 0.3) is 10.9 Å². The van der Waals surface area contributed by atoms with Crippen LogP contribution in [0, 0.1) is 5.92 Å². The van der Waals surface area contributed by atoms with Crippen LogP contribution in [0.1, 0.15) is 43.3 Å². The molecule has 0 aliphatic carbocycles. The predicted molar refractivity (Wildman–Crippen MR) is 169 cm³/mol. The molecule has 2 aromatic carbocycles. The highest BCUT2D eigenvalue weighted by molar-refractivity contribution is 5.80. The lowest BCUT2D eigenvalue weighted by atomic mass is 9.91. The predicted octanol–water partition coefficient (Wildman–Crippen LogP) is 4.34. The molecular formula is C34H39N3O7. The smallest absolute Gasteiger partial charge is 0.306 e. The van der Waals surface area contributed by atoms with Crippen LogP contribution >= 0.6 is 0 Å². The summed E-state index contributed by atoms with van der Waals surface area (Å²) in [6.45, 7) is 7.83. The monoisotopic (exact) mass is 601 g/mol. The molecule has 232 valence electrons. The maximum Gasteiger partial charge on any atom is 0.306 e. The van der Waals surface area contributed by atoms with Gasteiger partial charge in [-0.05, 0) is 47.7 Å². The third kappa shape index (κ3) is 6.65. The molecular weight excluding hydrogens is 562 g/mol. The van der Waals surface area contributed by atoms with Crippen molar-refractivity contribution in [2.45, 2.75) is 39.3 Å². The number of hydrogen-bond donors (Lipinski definition) is 1. The van der Waals surface area contributed by atoms with Crippen LogP contribution in [0.2, 0.25) is 0 Å². The minimum absolute atomic E-state index is 0.113. The van der Waals surface area contributed by atoms with Crippen LogP contribution in [0.4, 0.5) is 5.69 Å². The van der Waals surface area contributed by atoms with Crippen molar-refractivity contribution < 1.29 is 23.8 Å². The number of aromatic hydroxyl groups is 1. The number of ether oxygens (including phenoxy) is 2. The highest BCUT2D eigenvalue weighted by atomic mass is 16.5. The van der Waals surface area contributed by atoms with E-state index < -0.39 is 23.1 Å². The second-order valence-corrected chi connectivity index (χ2v) is 11.6. The average molecular weight is 602 g/mol. The summed E-state index contributed by atoms with van der Waals surface area (Å²) in [4.78, 5) is 44.1. The first-order chi connectivity index (χ1) is 21.2. The van der Waals surface area contributed by atoms with Gasteiger partial charge in [-0.3, -0.25) is 19.3 Å². The Balaban J connectivity index is 1.47. The second kappa shape index (κ2) is 13.4. The first-order valence-electron chi connectivity index (χ1n) is 14.8. The van der Waals surface area contributed by atoms with Gasteiger partial charge >= 0.3 is 5.97 Å². The fraction of sp³-hybridized carbons (Fsp3) is 0.382. The van der Waals surface area contributed by atoms with Crippen molar-refractivity contribution >= 4 is 22.6 Å². The van der Waals surface area contributed by atoms with Crippen molar-refractivity contribution in [3.8, 4) is 11.5 Å². The van der Waals surface area contributed by atoms with E-state index in [1.165, 1.54) is 13.2 Å². The Kier molecular flexibility index (Phi) is 9.39. The summed E-state index contributed by atoms with van der Waals surface area (Å²) in [7, 11) is 2.90. The summed E-state index contributed by atoms with van der Waals surface area (Å²) < 4.78 is 18.1. The number of carbonyl (C=O) groups excluding carboxylic acids is 1. The number of esters is 1. The third-order valence-electron chi connectivity index (χ3n) is 8.06. The van der Waals surface area contributed by atoms with E-state index in [-0.39, 0.29) is 29.2 Å². The van der Waals surface area contributed by atoms with Crippen molar-refractivity contribution in [3.63, 3.8) is 0 Å². The van der Waals surface area contributed by atoms with Gasteiger partial charge in [0.1, 0.15) is 11.5 Å². The van der Waals surface area contributed by atoms with Crippen molar-refractivity contribution in [2.24, 2.45) is 5.92 Å². The van der Waals surface area contributed by atoms with Gasteiger partial charge in [0.25, 0.3) is 5.56 Å². The van der Waals surface area contributed by atoms with Crippen LogP contribution in [0.5, 0.6) is 11.5 Å². The number of methoxy groups -OCH3 is 2. The molecule has 3 heterocycles. The molecule has 4 aromatic rings. The van der Waals surface area contributed by atoms with E-state index in [4.69, 9.17) is 13.9 Å². The molecule has 1 aliphatic rings. The van der Waals surface area contributed by atoms with Crippen LogP contribution < -0.4 is 20.6 Å². The van der Waals surface area contributed by atoms with Crippen LogP contribution in [0.15, 0.2) is 74.7 Å². The van der Waals surface area contributed by atoms with Gasteiger partial charge in [0, 0.05) is 50.0 Å². The highest BCUT2D eigenvalue weighted by Gasteiger charge is 2.30. The molecule has 1 N–H and O–H groups in total. The average Bonchev–Trinajstić information content (AvgIpc) is 3.03. The quantitative estimate of drug-likeness (QED) is 0.265. The molecule has 10 heteroatoms. The van der Waals surface area contributed by atoms with E-state index >= 15 is 0 Å². The first kappa shape index (κ1) is 30.9. The standard InChI is InChI=1S/C34H39N3O7/c1-22(2)20-37-29-8-6-5-7-23(29)17-28(34(37)41)27(19-31(39)43-4)33-32(40)30(38)18-26(44-33)21-35-13-15-36(16-14-35)24-9-11-25(42-3)12-10-24/h5-12,17-18,22,27,40H,13-16,19-21H2,1-4H3/t27-/m1/s1. The van der Waals surface area contributed by atoms with Gasteiger partial charge in [-0.1, -0.05) is 32.0 Å². The number of piperazine rings is 1. The number of fused-ring (bicyclic) bond motifs is 1. The number of hydrogen-bond acceptors (Lipinski definition) is 9. The van der Waals surface area contributed by atoms with E-state index in [0.29, 0.717) is 18.8 Å². The molecule has 2 aromatic heterocycles. The summed E-state index contributed by atoms with van der Waals surface area (Å²) in [6, 6.07) is 18.4. The lowest BCUT2D eigenvalue weighted by Crippen LogP contribution is -2.46.